The predicted octanol–water partition coefficient (Wildman–Crippen LogP) is -6.61. The van der Waals surface area contributed by atoms with Crippen LogP contribution in [0.15, 0.2) is 0 Å². The van der Waals surface area contributed by atoms with Crippen molar-refractivity contribution in [1.29, 1.82) is 0 Å². The zero-order valence-electron chi connectivity index (χ0n) is 6.80. The average Bonchev–Trinajstić information content (AvgIpc) is 1.93. The molecular formula is C4H13BKNO4. The molecule has 0 aromatic rings. The van der Waals surface area contributed by atoms with E-state index in [1.807, 2.05) is 0 Å². The first-order valence-electron chi connectivity index (χ1n) is 2.89. The van der Waals surface area contributed by atoms with Crippen molar-refractivity contribution in [3.8, 4) is 0 Å². The summed E-state index contributed by atoms with van der Waals surface area (Å²) in [6.45, 7) is 3.83. The third kappa shape index (κ3) is 18.5. The maximum absolute atomic E-state index is 8.49. The van der Waals surface area contributed by atoms with Crippen molar-refractivity contribution in [2.45, 2.75) is 0 Å². The maximum atomic E-state index is 8.49. The Balaban J connectivity index is -0.000000116. The largest absolute Gasteiger partial charge is 1.00 e. The molecule has 0 unspecified atom stereocenters. The summed E-state index contributed by atoms with van der Waals surface area (Å²) in [5.41, 5.74) is 0. The minimum atomic E-state index is -1.00. The quantitative estimate of drug-likeness (QED) is 0.370. The fourth-order valence-corrected chi connectivity index (χ4v) is 0.516. The van der Waals surface area contributed by atoms with Gasteiger partial charge in [-0.1, -0.05) is 0 Å². The van der Waals surface area contributed by atoms with Crippen LogP contribution in [0.4, 0.5) is 0 Å². The van der Waals surface area contributed by atoms with Crippen LogP contribution in [0.25, 0.3) is 0 Å². The Kier molecular flexibility index (Phi) is 29.2. The van der Waals surface area contributed by atoms with Crippen LogP contribution in [0, 0.1) is 0 Å². The summed E-state index contributed by atoms with van der Waals surface area (Å²) in [7, 11) is -1.00. The Bertz CT molecular complexity index is 45.8. The van der Waals surface area contributed by atoms with E-state index in [1.54, 1.807) is 0 Å². The molecule has 0 aromatic heterocycles. The monoisotopic (exact) mass is 189 g/mol. The fourth-order valence-electron chi connectivity index (χ4n) is 0.516. The Hall–Kier alpha value is 1.50. The van der Waals surface area contributed by atoms with Crippen molar-refractivity contribution in [2.75, 3.05) is 26.3 Å². The summed E-state index contributed by atoms with van der Waals surface area (Å²) >= 11 is 0. The molecule has 0 radical (unpaired) electrons. The van der Waals surface area contributed by atoms with Gasteiger partial charge in [0, 0.05) is 13.1 Å². The minimum Gasteiger partial charge on any atom is -0.859 e. The summed E-state index contributed by atoms with van der Waals surface area (Å²) in [6, 6.07) is 0. The number of nitrogens with one attached hydrogen (secondary N) is 1. The van der Waals surface area contributed by atoms with Crippen LogP contribution >= 0.6 is 0 Å². The molecule has 4 N–H and O–H groups in total. The zero-order chi connectivity index (χ0) is 6.95. The smallest absolute Gasteiger partial charge is 0.859 e. The van der Waals surface area contributed by atoms with Gasteiger partial charge in [-0.05, 0) is 0 Å². The van der Waals surface area contributed by atoms with Gasteiger partial charge in [-0.25, -0.2) is 0 Å². The second-order valence-corrected chi connectivity index (χ2v) is 1.49. The summed E-state index contributed by atoms with van der Waals surface area (Å²) in [6.07, 6.45) is 0. The van der Waals surface area contributed by atoms with Crippen LogP contribution in [0.3, 0.4) is 0 Å². The molecule has 0 aromatic carbocycles. The molecule has 1 fully saturated rings. The zero-order valence-corrected chi connectivity index (χ0v) is 9.92. The number of rotatable bonds is 0. The van der Waals surface area contributed by atoms with Crippen molar-refractivity contribution < 1.29 is 71.6 Å². The van der Waals surface area contributed by atoms with Crippen LogP contribution in [-0.2, 0) is 4.74 Å². The van der Waals surface area contributed by atoms with E-state index in [-0.39, 0.29) is 56.9 Å². The van der Waals surface area contributed by atoms with Crippen LogP contribution in [0.2, 0.25) is 0 Å². The molecule has 1 saturated heterocycles. The molecular weight excluding hydrogens is 176 g/mol. The van der Waals surface area contributed by atoms with Crippen molar-refractivity contribution >= 4 is 7.69 Å². The van der Waals surface area contributed by atoms with Crippen molar-refractivity contribution in [1.82, 2.24) is 5.32 Å². The van der Waals surface area contributed by atoms with Crippen LogP contribution in [0.1, 0.15) is 0 Å². The van der Waals surface area contributed by atoms with Gasteiger partial charge in [-0.15, -0.1) is 0 Å². The van der Waals surface area contributed by atoms with Gasteiger partial charge in [-0.2, -0.15) is 0 Å². The standard InChI is InChI=1S/C4H9NO.BH2O2.K.H2O/c1-3-6-4-2-5-1;2-1-3;;/h5H,1-4H2;1-2H;;1H2/q;-1;+1;. The van der Waals surface area contributed by atoms with Gasteiger partial charge < -0.3 is 25.6 Å². The van der Waals surface area contributed by atoms with Gasteiger partial charge in [0.2, 0.25) is 0 Å². The molecule has 0 amide bonds. The Morgan fingerprint density at radius 1 is 1.36 bits per heavy atom. The number of hydrogen-bond acceptors (Lipinski definition) is 4. The van der Waals surface area contributed by atoms with E-state index in [4.69, 9.17) is 14.8 Å². The van der Waals surface area contributed by atoms with Crippen LogP contribution in [-0.4, -0.2) is 44.5 Å². The SMILES string of the molecule is C1COCCN1.O.[K+].[O-]BO. The fraction of sp³-hybridized carbons (Fsp3) is 1.00. The van der Waals surface area contributed by atoms with Gasteiger partial charge in [0.15, 0.2) is 7.69 Å². The molecule has 0 atom stereocenters. The van der Waals surface area contributed by atoms with E-state index >= 15 is 0 Å². The van der Waals surface area contributed by atoms with E-state index in [2.05, 4.69) is 5.32 Å². The molecule has 0 bridgehead atoms. The van der Waals surface area contributed by atoms with E-state index < -0.39 is 7.69 Å². The Morgan fingerprint density at radius 2 is 1.73 bits per heavy atom. The van der Waals surface area contributed by atoms with E-state index in [1.165, 1.54) is 0 Å². The molecule has 0 aliphatic carbocycles. The van der Waals surface area contributed by atoms with Crippen LogP contribution in [0.5, 0.6) is 0 Å². The summed E-state index contributed by atoms with van der Waals surface area (Å²) in [4.78, 5) is 0. The third-order valence-electron chi connectivity index (χ3n) is 0.846. The van der Waals surface area contributed by atoms with E-state index in [0.717, 1.165) is 26.3 Å². The molecule has 7 heteroatoms. The van der Waals surface area contributed by atoms with Gasteiger partial charge in [-0.3, -0.25) is 0 Å². The van der Waals surface area contributed by atoms with Crippen molar-refractivity contribution in [2.24, 2.45) is 0 Å². The van der Waals surface area contributed by atoms with Crippen molar-refractivity contribution in [3.05, 3.63) is 0 Å². The summed E-state index contributed by atoms with van der Waals surface area (Å²) in [5, 5.41) is 18.7. The first-order valence-corrected chi connectivity index (χ1v) is 2.89. The topological polar surface area (TPSA) is 96.0 Å². The molecule has 11 heavy (non-hydrogen) atoms. The second-order valence-electron chi connectivity index (χ2n) is 1.49. The second kappa shape index (κ2) is 17.5. The Morgan fingerprint density at radius 3 is 1.82 bits per heavy atom. The maximum Gasteiger partial charge on any atom is 1.00 e. The number of ether oxygens (including phenoxy) is 1. The average molecular weight is 189 g/mol. The van der Waals surface area contributed by atoms with E-state index in [9.17, 15) is 0 Å². The molecule has 0 saturated carbocycles. The molecule has 0 spiro atoms. The third-order valence-corrected chi connectivity index (χ3v) is 0.846. The predicted molar refractivity (Wildman–Crippen MR) is 36.7 cm³/mol. The molecule has 1 aliphatic heterocycles. The molecule has 62 valence electrons. The Labute approximate surface area is 110 Å². The van der Waals surface area contributed by atoms with Gasteiger partial charge >= 0.3 is 51.4 Å². The van der Waals surface area contributed by atoms with E-state index in [0.29, 0.717) is 0 Å². The molecule has 1 heterocycles. The normalized spacial score (nSPS) is 14.4. The summed E-state index contributed by atoms with van der Waals surface area (Å²) in [5.74, 6) is 0. The number of morpholine rings is 1. The van der Waals surface area contributed by atoms with Crippen molar-refractivity contribution in [3.63, 3.8) is 0 Å². The molecule has 5 nitrogen and oxygen atoms in total. The molecule has 1 aliphatic rings. The van der Waals surface area contributed by atoms with Gasteiger partial charge in [0.25, 0.3) is 0 Å². The van der Waals surface area contributed by atoms with Gasteiger partial charge in [0.1, 0.15) is 0 Å². The van der Waals surface area contributed by atoms with Crippen LogP contribution < -0.4 is 61.7 Å². The molecule has 1 rings (SSSR count). The minimum absolute atomic E-state index is 0. The first kappa shape index (κ1) is 18.3. The first-order chi connectivity index (χ1) is 4.41. The number of hydrogen-bond donors (Lipinski definition) is 2. The van der Waals surface area contributed by atoms with Gasteiger partial charge in [0.05, 0.1) is 13.2 Å². The summed E-state index contributed by atoms with van der Waals surface area (Å²) < 4.78 is 5.01.